The van der Waals surface area contributed by atoms with E-state index in [9.17, 15) is 0 Å². The first-order valence-corrected chi connectivity index (χ1v) is 5.94. The van der Waals surface area contributed by atoms with Crippen molar-refractivity contribution < 1.29 is 4.42 Å². The van der Waals surface area contributed by atoms with Gasteiger partial charge in [-0.3, -0.25) is 0 Å². The van der Waals surface area contributed by atoms with Crippen LogP contribution in [0.25, 0.3) is 11.0 Å². The van der Waals surface area contributed by atoms with Crippen molar-refractivity contribution in [3.63, 3.8) is 0 Å². The molecule has 16 heavy (non-hydrogen) atoms. The van der Waals surface area contributed by atoms with Gasteiger partial charge in [0.15, 0.2) is 5.58 Å². The predicted molar refractivity (Wildman–Crippen MR) is 67.8 cm³/mol. The third-order valence-corrected chi connectivity index (χ3v) is 2.98. The molecule has 1 atom stereocenters. The number of hydrogen-bond acceptors (Lipinski definition) is 2. The second-order valence-corrected chi connectivity index (χ2v) is 4.62. The largest absolute Gasteiger partial charge is 0.458 e. The Labute approximate surface area is 100 Å². The van der Waals surface area contributed by atoms with Gasteiger partial charge in [0, 0.05) is 5.39 Å². The molecular formula is C13H16ClNO. The number of nitrogens with two attached hydrogens (primary N) is 1. The SMILES string of the molecule is CCCC(N)c1cc2cc(C)cc(Cl)c2o1. The van der Waals surface area contributed by atoms with Crippen LogP contribution in [0.1, 0.15) is 37.1 Å². The third kappa shape index (κ3) is 2.08. The van der Waals surface area contributed by atoms with Gasteiger partial charge in [0.2, 0.25) is 0 Å². The lowest BCUT2D eigenvalue weighted by atomic mass is 10.1. The molecule has 3 heteroatoms. The fourth-order valence-electron chi connectivity index (χ4n) is 1.91. The first kappa shape index (κ1) is 11.5. The number of rotatable bonds is 3. The van der Waals surface area contributed by atoms with Crippen LogP contribution in [0, 0.1) is 6.92 Å². The summed E-state index contributed by atoms with van der Waals surface area (Å²) in [5.74, 6) is 0.823. The lowest BCUT2D eigenvalue weighted by Crippen LogP contribution is -2.08. The van der Waals surface area contributed by atoms with Crippen molar-refractivity contribution >= 4 is 22.6 Å². The molecule has 0 aliphatic carbocycles. The van der Waals surface area contributed by atoms with Crippen LogP contribution in [0.15, 0.2) is 22.6 Å². The summed E-state index contributed by atoms with van der Waals surface area (Å²) in [7, 11) is 0. The van der Waals surface area contributed by atoms with Gasteiger partial charge in [-0.2, -0.15) is 0 Å². The Bertz CT molecular complexity index is 504. The van der Waals surface area contributed by atoms with Crippen LogP contribution in [0.4, 0.5) is 0 Å². The van der Waals surface area contributed by atoms with Gasteiger partial charge < -0.3 is 10.2 Å². The van der Waals surface area contributed by atoms with E-state index in [1.54, 1.807) is 0 Å². The smallest absolute Gasteiger partial charge is 0.152 e. The minimum atomic E-state index is -0.0335. The van der Waals surface area contributed by atoms with Gasteiger partial charge >= 0.3 is 0 Å². The summed E-state index contributed by atoms with van der Waals surface area (Å²) in [6.45, 7) is 4.13. The first-order valence-electron chi connectivity index (χ1n) is 5.57. The zero-order valence-corrected chi connectivity index (χ0v) is 10.3. The monoisotopic (exact) mass is 237 g/mol. The Morgan fingerprint density at radius 2 is 2.12 bits per heavy atom. The molecule has 1 unspecified atom stereocenters. The molecule has 1 heterocycles. The maximum Gasteiger partial charge on any atom is 0.152 e. The van der Waals surface area contributed by atoms with Crippen LogP contribution in [-0.4, -0.2) is 0 Å². The Morgan fingerprint density at radius 3 is 2.81 bits per heavy atom. The number of hydrogen-bond donors (Lipinski definition) is 1. The molecule has 2 rings (SSSR count). The highest BCUT2D eigenvalue weighted by molar-refractivity contribution is 6.34. The van der Waals surface area contributed by atoms with Crippen LogP contribution in [-0.2, 0) is 0 Å². The maximum absolute atomic E-state index is 6.12. The van der Waals surface area contributed by atoms with E-state index >= 15 is 0 Å². The molecule has 0 saturated carbocycles. The Hall–Kier alpha value is -0.990. The van der Waals surface area contributed by atoms with Gasteiger partial charge in [0.05, 0.1) is 11.1 Å². The average molecular weight is 238 g/mol. The highest BCUT2D eigenvalue weighted by Gasteiger charge is 2.13. The van der Waals surface area contributed by atoms with Gasteiger partial charge in [-0.15, -0.1) is 0 Å². The summed E-state index contributed by atoms with van der Waals surface area (Å²) in [6.07, 6.45) is 1.97. The van der Waals surface area contributed by atoms with E-state index in [0.29, 0.717) is 5.02 Å². The molecule has 0 fully saturated rings. The van der Waals surface area contributed by atoms with Crippen LogP contribution in [0.5, 0.6) is 0 Å². The van der Waals surface area contributed by atoms with E-state index in [1.165, 1.54) is 0 Å². The zero-order valence-electron chi connectivity index (χ0n) is 9.59. The summed E-state index contributed by atoms with van der Waals surface area (Å²) in [4.78, 5) is 0. The molecule has 86 valence electrons. The summed E-state index contributed by atoms with van der Waals surface area (Å²) < 4.78 is 5.71. The van der Waals surface area contributed by atoms with Gasteiger partial charge in [-0.05, 0) is 37.1 Å². The molecule has 0 aliphatic heterocycles. The number of aryl methyl sites for hydroxylation is 1. The van der Waals surface area contributed by atoms with Crippen molar-refractivity contribution in [3.8, 4) is 0 Å². The molecule has 1 aromatic carbocycles. The van der Waals surface area contributed by atoms with Crippen molar-refractivity contribution in [2.24, 2.45) is 5.73 Å². The molecule has 0 saturated heterocycles. The van der Waals surface area contributed by atoms with E-state index < -0.39 is 0 Å². The second kappa shape index (κ2) is 4.48. The van der Waals surface area contributed by atoms with Crippen molar-refractivity contribution in [2.45, 2.75) is 32.7 Å². The van der Waals surface area contributed by atoms with E-state index in [0.717, 1.165) is 35.1 Å². The van der Waals surface area contributed by atoms with E-state index in [-0.39, 0.29) is 6.04 Å². The first-order chi connectivity index (χ1) is 7.61. The topological polar surface area (TPSA) is 39.2 Å². The zero-order chi connectivity index (χ0) is 11.7. The minimum Gasteiger partial charge on any atom is -0.458 e. The lowest BCUT2D eigenvalue weighted by Gasteiger charge is -2.05. The number of benzene rings is 1. The average Bonchev–Trinajstić information content (AvgIpc) is 2.62. The summed E-state index contributed by atoms with van der Waals surface area (Å²) in [6, 6.07) is 5.93. The Morgan fingerprint density at radius 1 is 1.38 bits per heavy atom. The fourth-order valence-corrected chi connectivity index (χ4v) is 2.23. The van der Waals surface area contributed by atoms with Crippen LogP contribution < -0.4 is 5.73 Å². The molecule has 0 bridgehead atoms. The highest BCUT2D eigenvalue weighted by Crippen LogP contribution is 2.31. The summed E-state index contributed by atoms with van der Waals surface area (Å²) in [5.41, 5.74) is 7.90. The molecule has 0 radical (unpaired) electrons. The third-order valence-electron chi connectivity index (χ3n) is 2.70. The summed E-state index contributed by atoms with van der Waals surface area (Å²) in [5, 5.41) is 1.69. The second-order valence-electron chi connectivity index (χ2n) is 4.21. The van der Waals surface area contributed by atoms with E-state index in [4.69, 9.17) is 21.8 Å². The normalized spacial score (nSPS) is 13.2. The minimum absolute atomic E-state index is 0.0335. The lowest BCUT2D eigenvalue weighted by molar-refractivity contribution is 0.475. The number of furan rings is 1. The Kier molecular flexibility index (Phi) is 3.22. The van der Waals surface area contributed by atoms with Crippen molar-refractivity contribution in [1.82, 2.24) is 0 Å². The van der Waals surface area contributed by atoms with Crippen molar-refractivity contribution in [2.75, 3.05) is 0 Å². The molecule has 0 spiro atoms. The van der Waals surface area contributed by atoms with E-state index in [2.05, 4.69) is 13.0 Å². The number of fused-ring (bicyclic) bond motifs is 1. The van der Waals surface area contributed by atoms with E-state index in [1.807, 2.05) is 19.1 Å². The van der Waals surface area contributed by atoms with Crippen LogP contribution in [0.3, 0.4) is 0 Å². The molecule has 2 nitrogen and oxygen atoms in total. The standard InChI is InChI=1S/C13H16ClNO/c1-3-4-11(15)12-7-9-5-8(2)6-10(14)13(9)16-12/h5-7,11H,3-4,15H2,1-2H3. The molecule has 1 aromatic heterocycles. The summed E-state index contributed by atoms with van der Waals surface area (Å²) >= 11 is 6.12. The van der Waals surface area contributed by atoms with Crippen molar-refractivity contribution in [1.29, 1.82) is 0 Å². The predicted octanol–water partition coefficient (Wildman–Crippen LogP) is 4.19. The number of halogens is 1. The van der Waals surface area contributed by atoms with Crippen LogP contribution >= 0.6 is 11.6 Å². The van der Waals surface area contributed by atoms with Gasteiger partial charge in [0.1, 0.15) is 5.76 Å². The molecule has 0 amide bonds. The fraction of sp³-hybridized carbons (Fsp3) is 0.385. The van der Waals surface area contributed by atoms with Gasteiger partial charge in [-0.1, -0.05) is 24.9 Å². The van der Waals surface area contributed by atoms with Gasteiger partial charge in [-0.25, -0.2) is 0 Å². The quantitative estimate of drug-likeness (QED) is 0.869. The van der Waals surface area contributed by atoms with Crippen LogP contribution in [0.2, 0.25) is 5.02 Å². The Balaban J connectivity index is 2.47. The highest BCUT2D eigenvalue weighted by atomic mass is 35.5. The molecule has 2 N–H and O–H groups in total. The maximum atomic E-state index is 6.12. The molecule has 2 aromatic rings. The van der Waals surface area contributed by atoms with Crippen molar-refractivity contribution in [3.05, 3.63) is 34.5 Å². The molecule has 0 aliphatic rings. The molecular weight excluding hydrogens is 222 g/mol. The van der Waals surface area contributed by atoms with Gasteiger partial charge in [0.25, 0.3) is 0 Å².